The van der Waals surface area contributed by atoms with E-state index in [1.807, 2.05) is 27.7 Å². The second kappa shape index (κ2) is 7.42. The second-order valence-electron chi connectivity index (χ2n) is 5.84. The maximum atomic E-state index is 11.6. The lowest BCUT2D eigenvalue weighted by atomic mass is 10.2. The van der Waals surface area contributed by atoms with E-state index in [2.05, 4.69) is 10.6 Å². The highest BCUT2D eigenvalue weighted by atomic mass is 32.1. The molecule has 0 saturated heterocycles. The van der Waals surface area contributed by atoms with Gasteiger partial charge in [-0.1, -0.05) is 0 Å². The Bertz CT molecular complexity index is 494. The van der Waals surface area contributed by atoms with Crippen molar-refractivity contribution < 1.29 is 14.3 Å². The van der Waals surface area contributed by atoms with E-state index in [4.69, 9.17) is 10.5 Å². The van der Waals surface area contributed by atoms with Crippen molar-refractivity contribution in [1.82, 2.24) is 10.6 Å². The monoisotopic (exact) mass is 313 g/mol. The van der Waals surface area contributed by atoms with Gasteiger partial charge in [0.05, 0.1) is 5.56 Å². The van der Waals surface area contributed by atoms with E-state index < -0.39 is 17.6 Å². The van der Waals surface area contributed by atoms with Crippen LogP contribution in [0.4, 0.5) is 4.79 Å². The van der Waals surface area contributed by atoms with Crippen molar-refractivity contribution in [3.05, 3.63) is 21.9 Å². The van der Waals surface area contributed by atoms with E-state index >= 15 is 0 Å². The van der Waals surface area contributed by atoms with Gasteiger partial charge in [-0.2, -0.15) is 0 Å². The summed E-state index contributed by atoms with van der Waals surface area (Å²) in [7, 11) is 0. The molecule has 0 aromatic carbocycles. The standard InChI is InChI=1S/C14H23N3O3S/c1-9(17-13(19)20-14(2,3)4)6-16-7-11-5-10(8-21-11)12(15)18/h5,8-9,16H,6-7H2,1-4H3,(H2,15,18)(H,17,19). The van der Waals surface area contributed by atoms with Crippen molar-refractivity contribution >= 4 is 23.3 Å². The molecule has 0 fully saturated rings. The topological polar surface area (TPSA) is 93.5 Å². The van der Waals surface area contributed by atoms with E-state index in [0.29, 0.717) is 18.7 Å². The molecule has 0 aliphatic carbocycles. The number of alkyl carbamates (subject to hydrolysis) is 1. The van der Waals surface area contributed by atoms with Gasteiger partial charge in [-0.15, -0.1) is 11.3 Å². The highest BCUT2D eigenvalue weighted by Gasteiger charge is 2.17. The molecule has 4 N–H and O–H groups in total. The molecule has 0 aliphatic heterocycles. The first-order valence-electron chi connectivity index (χ1n) is 6.75. The third-order valence-corrected chi connectivity index (χ3v) is 3.39. The Balaban J connectivity index is 2.28. The van der Waals surface area contributed by atoms with Crippen LogP contribution in [0.15, 0.2) is 11.4 Å². The Morgan fingerprint density at radius 1 is 1.43 bits per heavy atom. The van der Waals surface area contributed by atoms with Crippen LogP contribution in [0, 0.1) is 0 Å². The summed E-state index contributed by atoms with van der Waals surface area (Å²) in [4.78, 5) is 23.6. The summed E-state index contributed by atoms with van der Waals surface area (Å²) < 4.78 is 5.18. The van der Waals surface area contributed by atoms with Crippen molar-refractivity contribution in [3.63, 3.8) is 0 Å². The van der Waals surface area contributed by atoms with Crippen molar-refractivity contribution in [1.29, 1.82) is 0 Å². The molecule has 1 aromatic heterocycles. The molecule has 0 aliphatic rings. The number of hydrogen-bond donors (Lipinski definition) is 3. The minimum atomic E-state index is -0.501. The van der Waals surface area contributed by atoms with E-state index in [9.17, 15) is 9.59 Å². The van der Waals surface area contributed by atoms with Gasteiger partial charge in [0, 0.05) is 29.4 Å². The van der Waals surface area contributed by atoms with Crippen molar-refractivity contribution in [2.75, 3.05) is 6.54 Å². The molecule has 1 unspecified atom stereocenters. The predicted molar refractivity (Wildman–Crippen MR) is 83.4 cm³/mol. The van der Waals surface area contributed by atoms with Crippen LogP contribution < -0.4 is 16.4 Å². The van der Waals surface area contributed by atoms with Gasteiger partial charge in [0.25, 0.3) is 0 Å². The minimum Gasteiger partial charge on any atom is -0.444 e. The maximum absolute atomic E-state index is 11.6. The molecule has 1 atom stereocenters. The average Bonchev–Trinajstić information content (AvgIpc) is 2.74. The Hall–Kier alpha value is -1.60. The van der Waals surface area contributed by atoms with Crippen molar-refractivity contribution in [3.8, 4) is 0 Å². The number of carbonyl (C=O) groups excluding carboxylic acids is 2. The number of rotatable bonds is 6. The molecule has 1 heterocycles. The van der Waals surface area contributed by atoms with Crippen LogP contribution in [0.25, 0.3) is 0 Å². The van der Waals surface area contributed by atoms with E-state index in [1.165, 1.54) is 11.3 Å². The SMILES string of the molecule is CC(CNCc1cc(C(N)=O)cs1)NC(=O)OC(C)(C)C. The molecule has 118 valence electrons. The van der Waals surface area contributed by atoms with Crippen molar-refractivity contribution in [2.45, 2.75) is 45.9 Å². The molecule has 1 aromatic rings. The third-order valence-electron chi connectivity index (χ3n) is 2.45. The van der Waals surface area contributed by atoms with Crippen LogP contribution >= 0.6 is 11.3 Å². The second-order valence-corrected chi connectivity index (χ2v) is 6.84. The summed E-state index contributed by atoms with van der Waals surface area (Å²) >= 11 is 1.48. The van der Waals surface area contributed by atoms with Crippen LogP contribution in [0.1, 0.15) is 42.9 Å². The van der Waals surface area contributed by atoms with E-state index in [1.54, 1.807) is 11.4 Å². The molecular weight excluding hydrogens is 290 g/mol. The van der Waals surface area contributed by atoms with Crippen LogP contribution in [-0.4, -0.2) is 30.2 Å². The fourth-order valence-corrected chi connectivity index (χ4v) is 2.42. The van der Waals surface area contributed by atoms with Crippen LogP contribution in [0.5, 0.6) is 0 Å². The highest BCUT2D eigenvalue weighted by Crippen LogP contribution is 2.13. The molecule has 1 rings (SSSR count). The summed E-state index contributed by atoms with van der Waals surface area (Å²) in [6.45, 7) is 8.58. The molecule has 0 spiro atoms. The van der Waals surface area contributed by atoms with Gasteiger partial charge in [0.2, 0.25) is 5.91 Å². The molecule has 0 bridgehead atoms. The fourth-order valence-electron chi connectivity index (χ4n) is 1.57. The Labute approximate surface area is 129 Å². The van der Waals surface area contributed by atoms with Gasteiger partial charge in [-0.3, -0.25) is 4.79 Å². The van der Waals surface area contributed by atoms with Gasteiger partial charge < -0.3 is 21.1 Å². The molecule has 0 saturated carbocycles. The maximum Gasteiger partial charge on any atom is 0.407 e. The summed E-state index contributed by atoms with van der Waals surface area (Å²) in [5.41, 5.74) is 5.22. The molecule has 21 heavy (non-hydrogen) atoms. The van der Waals surface area contributed by atoms with Crippen LogP contribution in [0.2, 0.25) is 0 Å². The number of amides is 2. The zero-order valence-corrected chi connectivity index (χ0v) is 13.7. The summed E-state index contributed by atoms with van der Waals surface area (Å²) in [6.07, 6.45) is -0.427. The van der Waals surface area contributed by atoms with Gasteiger partial charge in [-0.25, -0.2) is 4.79 Å². The average molecular weight is 313 g/mol. The largest absolute Gasteiger partial charge is 0.444 e. The molecule has 6 nitrogen and oxygen atoms in total. The Morgan fingerprint density at radius 3 is 2.62 bits per heavy atom. The fraction of sp³-hybridized carbons (Fsp3) is 0.571. The summed E-state index contributed by atoms with van der Waals surface area (Å²) in [5.74, 6) is -0.419. The first-order valence-corrected chi connectivity index (χ1v) is 7.63. The van der Waals surface area contributed by atoms with E-state index in [0.717, 1.165) is 4.88 Å². The Morgan fingerprint density at radius 2 is 2.10 bits per heavy atom. The van der Waals surface area contributed by atoms with Crippen LogP contribution in [0.3, 0.4) is 0 Å². The number of nitrogens with two attached hydrogens (primary N) is 1. The number of carbonyl (C=O) groups is 2. The van der Waals surface area contributed by atoms with E-state index in [-0.39, 0.29) is 6.04 Å². The first-order chi connectivity index (χ1) is 9.67. The molecule has 2 amide bonds. The lowest BCUT2D eigenvalue weighted by molar-refractivity contribution is 0.0508. The number of primary amides is 1. The zero-order valence-electron chi connectivity index (χ0n) is 12.9. The summed E-state index contributed by atoms with van der Waals surface area (Å²) in [5, 5.41) is 7.70. The first kappa shape index (κ1) is 17.5. The number of nitrogens with one attached hydrogen (secondary N) is 2. The molecule has 7 heteroatoms. The van der Waals surface area contributed by atoms with Gasteiger partial charge in [-0.05, 0) is 33.8 Å². The molecular formula is C14H23N3O3S. The smallest absolute Gasteiger partial charge is 0.407 e. The predicted octanol–water partition coefficient (Wildman–Crippen LogP) is 1.85. The number of thiophene rings is 1. The van der Waals surface area contributed by atoms with Gasteiger partial charge in [0.15, 0.2) is 0 Å². The van der Waals surface area contributed by atoms with Crippen LogP contribution in [-0.2, 0) is 11.3 Å². The minimum absolute atomic E-state index is 0.0598. The number of ether oxygens (including phenoxy) is 1. The van der Waals surface area contributed by atoms with Gasteiger partial charge >= 0.3 is 6.09 Å². The lowest BCUT2D eigenvalue weighted by Gasteiger charge is -2.22. The third kappa shape index (κ3) is 7.10. The quantitative estimate of drug-likeness (QED) is 0.747. The highest BCUT2D eigenvalue weighted by molar-refractivity contribution is 7.10. The summed E-state index contributed by atoms with van der Waals surface area (Å²) in [6, 6.07) is 1.71. The number of hydrogen-bond acceptors (Lipinski definition) is 5. The van der Waals surface area contributed by atoms with Crippen molar-refractivity contribution in [2.24, 2.45) is 5.73 Å². The lowest BCUT2D eigenvalue weighted by Crippen LogP contribution is -2.42. The molecule has 0 radical (unpaired) electrons. The normalized spacial score (nSPS) is 12.8. The zero-order chi connectivity index (χ0) is 16.0. The Kier molecular flexibility index (Phi) is 6.17. The van der Waals surface area contributed by atoms with Gasteiger partial charge in [0.1, 0.15) is 5.60 Å².